The number of ether oxygens (including phenoxy) is 1. The van der Waals surface area contributed by atoms with Gasteiger partial charge in [0.05, 0.1) is 12.8 Å². The summed E-state index contributed by atoms with van der Waals surface area (Å²) in [5, 5.41) is 0. The summed E-state index contributed by atoms with van der Waals surface area (Å²) in [6.07, 6.45) is 0. The number of benzene rings is 2. The number of nitrogens with zero attached hydrogens (tertiary/aromatic N) is 2. The zero-order valence-corrected chi connectivity index (χ0v) is 15.9. The lowest BCUT2D eigenvalue weighted by molar-refractivity contribution is -0.131. The van der Waals surface area contributed by atoms with Gasteiger partial charge in [0.1, 0.15) is 12.3 Å². The van der Waals surface area contributed by atoms with Crippen molar-refractivity contribution in [1.29, 1.82) is 0 Å². The zero-order chi connectivity index (χ0) is 19.1. The highest BCUT2D eigenvalue weighted by atomic mass is 16.5. The Kier molecular flexibility index (Phi) is 6.78. The SMILES string of the molecule is CCN(Cc1ccccc1)C(=O)CN(C(C)=O)c1cc(C)ccc1OC. The number of hydrogen-bond acceptors (Lipinski definition) is 3. The number of aryl methyl sites for hydroxylation is 1. The molecule has 5 heteroatoms. The smallest absolute Gasteiger partial charge is 0.242 e. The minimum absolute atomic E-state index is 0.0180. The van der Waals surface area contributed by atoms with Crippen LogP contribution in [0.1, 0.15) is 25.0 Å². The molecule has 0 fully saturated rings. The summed E-state index contributed by atoms with van der Waals surface area (Å²) in [6, 6.07) is 15.4. The highest BCUT2D eigenvalue weighted by Gasteiger charge is 2.22. The van der Waals surface area contributed by atoms with Gasteiger partial charge in [-0.15, -0.1) is 0 Å². The average Bonchev–Trinajstić information content (AvgIpc) is 2.64. The minimum Gasteiger partial charge on any atom is -0.495 e. The van der Waals surface area contributed by atoms with E-state index in [9.17, 15) is 9.59 Å². The van der Waals surface area contributed by atoms with E-state index in [4.69, 9.17) is 4.74 Å². The number of methoxy groups -OCH3 is 1. The molecule has 0 bridgehead atoms. The Labute approximate surface area is 155 Å². The van der Waals surface area contributed by atoms with Gasteiger partial charge < -0.3 is 9.64 Å². The summed E-state index contributed by atoms with van der Waals surface area (Å²) >= 11 is 0. The van der Waals surface area contributed by atoms with Gasteiger partial charge in [0.15, 0.2) is 0 Å². The van der Waals surface area contributed by atoms with E-state index in [0.717, 1.165) is 11.1 Å². The van der Waals surface area contributed by atoms with Crippen LogP contribution >= 0.6 is 0 Å². The van der Waals surface area contributed by atoms with Gasteiger partial charge in [-0.2, -0.15) is 0 Å². The second-order valence-corrected chi connectivity index (χ2v) is 6.17. The molecular formula is C21H26N2O3. The molecule has 0 radical (unpaired) electrons. The molecular weight excluding hydrogens is 328 g/mol. The minimum atomic E-state index is -0.196. The fraction of sp³-hybridized carbons (Fsp3) is 0.333. The van der Waals surface area contributed by atoms with E-state index in [2.05, 4.69) is 0 Å². The first-order valence-corrected chi connectivity index (χ1v) is 8.70. The molecule has 0 saturated heterocycles. The third-order valence-electron chi connectivity index (χ3n) is 4.25. The monoisotopic (exact) mass is 354 g/mol. The fourth-order valence-electron chi connectivity index (χ4n) is 2.79. The van der Waals surface area contributed by atoms with Gasteiger partial charge in [-0.1, -0.05) is 36.4 Å². The van der Waals surface area contributed by atoms with Crippen molar-refractivity contribution in [3.8, 4) is 5.75 Å². The second-order valence-electron chi connectivity index (χ2n) is 6.17. The summed E-state index contributed by atoms with van der Waals surface area (Å²) in [7, 11) is 1.56. The van der Waals surface area contributed by atoms with Gasteiger partial charge in [-0.3, -0.25) is 14.5 Å². The molecule has 0 aliphatic rings. The van der Waals surface area contributed by atoms with Crippen LogP contribution in [-0.2, 0) is 16.1 Å². The summed E-state index contributed by atoms with van der Waals surface area (Å²) in [5.74, 6) is 0.276. The zero-order valence-electron chi connectivity index (χ0n) is 15.9. The lowest BCUT2D eigenvalue weighted by Crippen LogP contribution is -2.42. The first-order valence-electron chi connectivity index (χ1n) is 8.70. The first kappa shape index (κ1) is 19.5. The molecule has 0 aliphatic heterocycles. The highest BCUT2D eigenvalue weighted by molar-refractivity contribution is 5.98. The van der Waals surface area contributed by atoms with Crippen LogP contribution in [0, 0.1) is 6.92 Å². The van der Waals surface area contributed by atoms with Crippen LogP contribution < -0.4 is 9.64 Å². The van der Waals surface area contributed by atoms with E-state index in [1.807, 2.05) is 62.4 Å². The van der Waals surface area contributed by atoms with Gasteiger partial charge in [0.2, 0.25) is 11.8 Å². The number of amides is 2. The predicted octanol–water partition coefficient (Wildman–Crippen LogP) is 3.41. The Morgan fingerprint density at radius 2 is 1.77 bits per heavy atom. The Balaban J connectivity index is 2.22. The van der Waals surface area contributed by atoms with Crippen molar-refractivity contribution in [2.24, 2.45) is 0 Å². The van der Waals surface area contributed by atoms with Crippen molar-refractivity contribution in [1.82, 2.24) is 4.90 Å². The van der Waals surface area contributed by atoms with Gasteiger partial charge in [0, 0.05) is 20.0 Å². The van der Waals surface area contributed by atoms with Crippen molar-refractivity contribution in [2.45, 2.75) is 27.3 Å². The van der Waals surface area contributed by atoms with Gasteiger partial charge in [0.25, 0.3) is 0 Å². The molecule has 2 amide bonds. The lowest BCUT2D eigenvalue weighted by Gasteiger charge is -2.27. The molecule has 138 valence electrons. The van der Waals surface area contributed by atoms with E-state index in [1.165, 1.54) is 11.8 Å². The average molecular weight is 354 g/mol. The van der Waals surface area contributed by atoms with Crippen LogP contribution in [0.5, 0.6) is 5.75 Å². The second kappa shape index (κ2) is 9.04. The van der Waals surface area contributed by atoms with E-state index in [-0.39, 0.29) is 18.4 Å². The normalized spacial score (nSPS) is 10.3. The van der Waals surface area contributed by atoms with E-state index in [0.29, 0.717) is 24.5 Å². The van der Waals surface area contributed by atoms with E-state index in [1.54, 1.807) is 12.0 Å². The molecule has 5 nitrogen and oxygen atoms in total. The number of hydrogen-bond donors (Lipinski definition) is 0. The summed E-state index contributed by atoms with van der Waals surface area (Å²) in [4.78, 5) is 28.3. The van der Waals surface area contributed by atoms with Gasteiger partial charge >= 0.3 is 0 Å². The number of carbonyl (C=O) groups is 2. The summed E-state index contributed by atoms with van der Waals surface area (Å²) in [6.45, 7) is 6.42. The van der Waals surface area contributed by atoms with Crippen molar-refractivity contribution in [3.63, 3.8) is 0 Å². The Hall–Kier alpha value is -2.82. The summed E-state index contributed by atoms with van der Waals surface area (Å²) in [5.41, 5.74) is 2.67. The molecule has 26 heavy (non-hydrogen) atoms. The van der Waals surface area contributed by atoms with E-state index < -0.39 is 0 Å². The maximum atomic E-state index is 12.8. The first-order chi connectivity index (χ1) is 12.5. The Bertz CT molecular complexity index is 759. The third kappa shape index (κ3) is 4.85. The van der Waals surface area contributed by atoms with Crippen LogP contribution in [0.4, 0.5) is 5.69 Å². The molecule has 0 heterocycles. The number of anilines is 1. The topological polar surface area (TPSA) is 49.9 Å². The largest absolute Gasteiger partial charge is 0.495 e. The quantitative estimate of drug-likeness (QED) is 0.766. The van der Waals surface area contributed by atoms with Crippen molar-refractivity contribution < 1.29 is 14.3 Å². The molecule has 0 saturated carbocycles. The number of likely N-dealkylation sites (N-methyl/N-ethyl adjacent to an activating group) is 1. The number of rotatable bonds is 7. The predicted molar refractivity (Wildman–Crippen MR) is 103 cm³/mol. The van der Waals surface area contributed by atoms with Crippen molar-refractivity contribution in [3.05, 3.63) is 59.7 Å². The molecule has 0 N–H and O–H groups in total. The number of carbonyl (C=O) groups excluding carboxylic acids is 2. The van der Waals surface area contributed by atoms with Crippen LogP contribution in [-0.4, -0.2) is 36.9 Å². The molecule has 2 rings (SSSR count). The van der Waals surface area contributed by atoms with Crippen LogP contribution in [0.25, 0.3) is 0 Å². The molecule has 2 aromatic rings. The fourth-order valence-corrected chi connectivity index (χ4v) is 2.79. The molecule has 0 aromatic heterocycles. The van der Waals surface area contributed by atoms with Crippen molar-refractivity contribution in [2.75, 3.05) is 25.1 Å². The van der Waals surface area contributed by atoms with E-state index >= 15 is 0 Å². The Morgan fingerprint density at radius 3 is 2.35 bits per heavy atom. The molecule has 0 unspecified atom stereocenters. The third-order valence-corrected chi connectivity index (χ3v) is 4.25. The molecule has 2 aromatic carbocycles. The maximum Gasteiger partial charge on any atom is 0.242 e. The Morgan fingerprint density at radius 1 is 1.08 bits per heavy atom. The highest BCUT2D eigenvalue weighted by Crippen LogP contribution is 2.29. The van der Waals surface area contributed by atoms with Crippen LogP contribution in [0.2, 0.25) is 0 Å². The summed E-state index contributed by atoms with van der Waals surface area (Å²) < 4.78 is 5.38. The molecule has 0 atom stereocenters. The molecule has 0 spiro atoms. The van der Waals surface area contributed by atoms with Gasteiger partial charge in [-0.05, 0) is 37.1 Å². The van der Waals surface area contributed by atoms with Crippen molar-refractivity contribution >= 4 is 17.5 Å². The standard InChI is InChI=1S/C21H26N2O3/c1-5-22(14-18-9-7-6-8-10-18)21(25)15-23(17(3)24)19-13-16(2)11-12-20(19)26-4/h6-13H,5,14-15H2,1-4H3. The molecule has 0 aliphatic carbocycles. The maximum absolute atomic E-state index is 12.8. The van der Waals surface area contributed by atoms with Crippen LogP contribution in [0.15, 0.2) is 48.5 Å². The lowest BCUT2D eigenvalue weighted by atomic mass is 10.1. The van der Waals surface area contributed by atoms with Gasteiger partial charge in [-0.25, -0.2) is 0 Å². The van der Waals surface area contributed by atoms with Crippen LogP contribution in [0.3, 0.4) is 0 Å².